The van der Waals surface area contributed by atoms with Gasteiger partial charge in [-0.3, -0.25) is 10.4 Å². The number of nitrogens with two attached hydrogens (primary N) is 1. The smallest absolute Gasteiger partial charge is 0.326 e. The molecule has 1 aliphatic rings. The van der Waals surface area contributed by atoms with E-state index in [-0.39, 0.29) is 5.96 Å². The van der Waals surface area contributed by atoms with Crippen LogP contribution in [-0.2, 0) is 4.79 Å². The first kappa shape index (κ1) is 9.79. The molecule has 1 saturated heterocycles. The quantitative estimate of drug-likeness (QED) is 0.494. The molecule has 0 aromatic rings. The van der Waals surface area contributed by atoms with E-state index >= 15 is 0 Å². The van der Waals surface area contributed by atoms with Crippen LogP contribution in [0.4, 0.5) is 0 Å². The van der Waals surface area contributed by atoms with Crippen LogP contribution in [0.1, 0.15) is 13.3 Å². The Balaban J connectivity index is 2.68. The Kier molecular flexibility index (Phi) is 2.72. The summed E-state index contributed by atoms with van der Waals surface area (Å²) >= 11 is 0. The minimum atomic E-state index is -0.931. The van der Waals surface area contributed by atoms with Gasteiger partial charge in [0.1, 0.15) is 6.04 Å². The largest absolute Gasteiger partial charge is 0.480 e. The molecule has 1 unspecified atom stereocenters. The van der Waals surface area contributed by atoms with Crippen LogP contribution in [0.5, 0.6) is 0 Å². The van der Waals surface area contributed by atoms with E-state index in [0.29, 0.717) is 13.1 Å². The molecule has 1 aliphatic heterocycles. The Bertz CT molecular complexity index is 231. The maximum atomic E-state index is 10.7. The zero-order chi connectivity index (χ0) is 10.0. The summed E-state index contributed by atoms with van der Waals surface area (Å²) in [5.74, 6) is 4.63. The summed E-state index contributed by atoms with van der Waals surface area (Å²) in [7, 11) is 0. The van der Waals surface area contributed by atoms with Gasteiger partial charge >= 0.3 is 5.97 Å². The fourth-order valence-electron chi connectivity index (χ4n) is 1.30. The van der Waals surface area contributed by atoms with E-state index in [9.17, 15) is 4.79 Å². The van der Waals surface area contributed by atoms with Crippen molar-refractivity contribution < 1.29 is 9.90 Å². The number of carboxylic acid groups (broad SMARTS) is 1. The molecular formula is C7H14N4O2. The highest BCUT2D eigenvalue weighted by Gasteiger charge is 2.28. The standard InChI is InChI=1S/C7H14N4O2/c1-5(6(12)13)10-3-2-4-11(9)7(10)8/h5,8H,2-4,9H2,1H3,(H,12,13). The molecule has 74 valence electrons. The van der Waals surface area contributed by atoms with Crippen LogP contribution >= 0.6 is 0 Å². The number of aliphatic carboxylic acids is 1. The molecule has 1 heterocycles. The average molecular weight is 186 g/mol. The number of rotatable bonds is 2. The molecule has 0 radical (unpaired) electrons. The lowest BCUT2D eigenvalue weighted by molar-refractivity contribution is -0.141. The third-order valence-corrected chi connectivity index (χ3v) is 2.17. The van der Waals surface area contributed by atoms with Gasteiger partial charge in [-0.15, -0.1) is 0 Å². The Morgan fingerprint density at radius 2 is 2.31 bits per heavy atom. The maximum absolute atomic E-state index is 10.7. The molecule has 6 heteroatoms. The van der Waals surface area contributed by atoms with Gasteiger partial charge < -0.3 is 10.0 Å². The number of carbonyl (C=O) groups is 1. The van der Waals surface area contributed by atoms with Crippen molar-refractivity contribution in [3.63, 3.8) is 0 Å². The summed E-state index contributed by atoms with van der Waals surface area (Å²) in [6.07, 6.45) is 0.788. The van der Waals surface area contributed by atoms with Gasteiger partial charge in [-0.05, 0) is 13.3 Å². The van der Waals surface area contributed by atoms with Gasteiger partial charge in [-0.1, -0.05) is 0 Å². The zero-order valence-electron chi connectivity index (χ0n) is 7.53. The summed E-state index contributed by atoms with van der Waals surface area (Å²) in [6, 6.07) is -0.682. The first-order chi connectivity index (χ1) is 6.04. The predicted octanol–water partition coefficient (Wildman–Crippen LogP) is -0.724. The number of nitrogens with one attached hydrogen (secondary N) is 1. The predicted molar refractivity (Wildman–Crippen MR) is 47.0 cm³/mol. The molecule has 0 aromatic heterocycles. The lowest BCUT2D eigenvalue weighted by atomic mass is 10.2. The molecule has 13 heavy (non-hydrogen) atoms. The number of hydrogen-bond acceptors (Lipinski definition) is 3. The minimum absolute atomic E-state index is 0.0844. The first-order valence-corrected chi connectivity index (χ1v) is 4.14. The molecule has 0 bridgehead atoms. The Labute approximate surface area is 76.4 Å². The van der Waals surface area contributed by atoms with Crippen molar-refractivity contribution >= 4 is 11.9 Å². The van der Waals surface area contributed by atoms with Crippen molar-refractivity contribution in [2.24, 2.45) is 5.84 Å². The maximum Gasteiger partial charge on any atom is 0.326 e. The molecular weight excluding hydrogens is 172 g/mol. The van der Waals surface area contributed by atoms with Crippen LogP contribution in [0.25, 0.3) is 0 Å². The SMILES string of the molecule is CC(C(=O)O)N1CCCN(N)C1=N. The molecule has 1 rings (SSSR count). The molecule has 0 amide bonds. The van der Waals surface area contributed by atoms with Gasteiger partial charge in [-0.2, -0.15) is 0 Å². The fourth-order valence-corrected chi connectivity index (χ4v) is 1.30. The topological polar surface area (TPSA) is 93.7 Å². The van der Waals surface area contributed by atoms with Gasteiger partial charge in [0.05, 0.1) is 0 Å². The van der Waals surface area contributed by atoms with Crippen molar-refractivity contribution in [3.8, 4) is 0 Å². The normalized spacial score (nSPS) is 20.3. The van der Waals surface area contributed by atoms with Crippen molar-refractivity contribution in [1.29, 1.82) is 5.41 Å². The van der Waals surface area contributed by atoms with Crippen LogP contribution < -0.4 is 5.84 Å². The zero-order valence-corrected chi connectivity index (χ0v) is 7.53. The highest BCUT2D eigenvalue weighted by molar-refractivity contribution is 5.83. The third-order valence-electron chi connectivity index (χ3n) is 2.17. The number of guanidine groups is 1. The summed E-state index contributed by atoms with van der Waals surface area (Å²) in [5, 5.41) is 17.5. The van der Waals surface area contributed by atoms with Crippen LogP contribution in [0, 0.1) is 5.41 Å². The van der Waals surface area contributed by atoms with E-state index in [0.717, 1.165) is 6.42 Å². The van der Waals surface area contributed by atoms with Gasteiger partial charge in [0.15, 0.2) is 0 Å². The van der Waals surface area contributed by atoms with Crippen LogP contribution in [0.2, 0.25) is 0 Å². The Morgan fingerprint density at radius 1 is 1.69 bits per heavy atom. The number of nitrogens with zero attached hydrogens (tertiary/aromatic N) is 2. The summed E-state index contributed by atoms with van der Waals surface area (Å²) < 4.78 is 0. The minimum Gasteiger partial charge on any atom is -0.480 e. The van der Waals surface area contributed by atoms with Crippen LogP contribution in [0.15, 0.2) is 0 Å². The Morgan fingerprint density at radius 3 is 2.85 bits per heavy atom. The number of hydrazine groups is 1. The average Bonchev–Trinajstić information content (AvgIpc) is 2.08. The van der Waals surface area contributed by atoms with E-state index in [4.69, 9.17) is 16.4 Å². The second-order valence-electron chi connectivity index (χ2n) is 3.08. The highest BCUT2D eigenvalue weighted by Crippen LogP contribution is 2.08. The van der Waals surface area contributed by atoms with E-state index < -0.39 is 12.0 Å². The third kappa shape index (κ3) is 1.89. The Hall–Kier alpha value is -1.30. The monoisotopic (exact) mass is 186 g/mol. The van der Waals surface area contributed by atoms with E-state index in [1.165, 1.54) is 9.91 Å². The summed E-state index contributed by atoms with van der Waals surface area (Å²) in [5.41, 5.74) is 0. The molecule has 0 aliphatic carbocycles. The first-order valence-electron chi connectivity index (χ1n) is 4.14. The molecule has 1 atom stereocenters. The summed E-state index contributed by atoms with van der Waals surface area (Å²) in [6.45, 7) is 2.75. The van der Waals surface area contributed by atoms with E-state index in [2.05, 4.69) is 0 Å². The molecule has 0 aromatic carbocycles. The molecule has 0 spiro atoms. The second-order valence-corrected chi connectivity index (χ2v) is 3.08. The van der Waals surface area contributed by atoms with E-state index in [1.807, 2.05) is 0 Å². The molecule has 6 nitrogen and oxygen atoms in total. The van der Waals surface area contributed by atoms with Crippen LogP contribution in [-0.4, -0.2) is 46.1 Å². The van der Waals surface area contributed by atoms with Gasteiger partial charge in [0.25, 0.3) is 0 Å². The number of hydrogen-bond donors (Lipinski definition) is 3. The van der Waals surface area contributed by atoms with Crippen LogP contribution in [0.3, 0.4) is 0 Å². The van der Waals surface area contributed by atoms with Crippen molar-refractivity contribution in [1.82, 2.24) is 9.91 Å². The summed E-state index contributed by atoms with van der Waals surface area (Å²) in [4.78, 5) is 12.1. The molecule has 0 saturated carbocycles. The highest BCUT2D eigenvalue weighted by atomic mass is 16.4. The molecule has 4 N–H and O–H groups in total. The van der Waals surface area contributed by atoms with E-state index in [1.54, 1.807) is 6.92 Å². The van der Waals surface area contributed by atoms with Crippen molar-refractivity contribution in [2.75, 3.05) is 13.1 Å². The lowest BCUT2D eigenvalue weighted by Crippen LogP contribution is -2.57. The fraction of sp³-hybridized carbons (Fsp3) is 0.714. The van der Waals surface area contributed by atoms with Crippen molar-refractivity contribution in [3.05, 3.63) is 0 Å². The van der Waals surface area contributed by atoms with Gasteiger partial charge in [0.2, 0.25) is 5.96 Å². The van der Waals surface area contributed by atoms with Gasteiger partial charge in [0, 0.05) is 13.1 Å². The lowest BCUT2D eigenvalue weighted by Gasteiger charge is -2.37. The molecule has 1 fully saturated rings. The van der Waals surface area contributed by atoms with Gasteiger partial charge in [-0.25, -0.2) is 10.6 Å². The second kappa shape index (κ2) is 3.61. The van der Waals surface area contributed by atoms with Crippen molar-refractivity contribution in [2.45, 2.75) is 19.4 Å². The number of carboxylic acids is 1.